The first kappa shape index (κ1) is 18.2. The first-order valence-corrected chi connectivity index (χ1v) is 9.09. The summed E-state index contributed by atoms with van der Waals surface area (Å²) in [6, 6.07) is -0.0853. The summed E-state index contributed by atoms with van der Waals surface area (Å²) in [5, 5.41) is 6.10. The average Bonchev–Trinajstić information content (AvgIpc) is 2.77. The maximum Gasteiger partial charge on any atom is 0.226 e. The lowest BCUT2D eigenvalue weighted by molar-refractivity contribution is -0.139. The number of amides is 2. The second kappa shape index (κ2) is 6.80. The molecule has 1 saturated carbocycles. The molecule has 5 nitrogen and oxygen atoms in total. The van der Waals surface area contributed by atoms with E-state index >= 15 is 0 Å². The van der Waals surface area contributed by atoms with Gasteiger partial charge in [-0.25, -0.2) is 0 Å². The van der Waals surface area contributed by atoms with E-state index in [1.807, 2.05) is 0 Å². The molecule has 5 heteroatoms. The zero-order chi connectivity index (χ0) is 17.3. The van der Waals surface area contributed by atoms with Gasteiger partial charge in [0.1, 0.15) is 0 Å². The summed E-state index contributed by atoms with van der Waals surface area (Å²) >= 11 is 0. The van der Waals surface area contributed by atoms with Gasteiger partial charge in [-0.3, -0.25) is 9.59 Å². The minimum atomic E-state index is -0.488. The molecule has 23 heavy (non-hydrogen) atoms. The molecule has 1 heterocycles. The molecule has 5 atom stereocenters. The summed E-state index contributed by atoms with van der Waals surface area (Å²) in [6.45, 7) is 9.93. The predicted molar refractivity (Wildman–Crippen MR) is 91.6 cm³/mol. The van der Waals surface area contributed by atoms with E-state index < -0.39 is 5.41 Å². The van der Waals surface area contributed by atoms with Gasteiger partial charge in [-0.2, -0.15) is 0 Å². The van der Waals surface area contributed by atoms with Crippen LogP contribution >= 0.6 is 0 Å². The monoisotopic (exact) mass is 323 g/mol. The van der Waals surface area contributed by atoms with E-state index in [1.54, 1.807) is 0 Å². The summed E-state index contributed by atoms with van der Waals surface area (Å²) in [4.78, 5) is 25.3. The molecule has 5 unspecified atom stereocenters. The molecule has 1 spiro atoms. The fraction of sp³-hybridized carbons (Fsp3) is 0.889. The van der Waals surface area contributed by atoms with E-state index in [0.717, 1.165) is 12.8 Å². The third kappa shape index (κ3) is 3.25. The molecule has 0 aromatic heterocycles. The number of carbonyl (C=O) groups excluding carboxylic acids is 2. The van der Waals surface area contributed by atoms with Crippen LogP contribution in [0.5, 0.6) is 0 Å². The Hall–Kier alpha value is -1.10. The molecular formula is C18H33N3O2. The highest BCUT2D eigenvalue weighted by Crippen LogP contribution is 2.55. The molecule has 132 valence electrons. The minimum Gasteiger partial charge on any atom is -0.356 e. The maximum atomic E-state index is 12.7. The van der Waals surface area contributed by atoms with Crippen LogP contribution in [-0.2, 0) is 9.59 Å². The van der Waals surface area contributed by atoms with Crippen LogP contribution in [0.25, 0.3) is 0 Å². The van der Waals surface area contributed by atoms with Crippen LogP contribution in [0.2, 0.25) is 0 Å². The van der Waals surface area contributed by atoms with Gasteiger partial charge in [-0.1, -0.05) is 34.1 Å². The summed E-state index contributed by atoms with van der Waals surface area (Å²) in [6.07, 6.45) is 3.97. The van der Waals surface area contributed by atoms with Gasteiger partial charge in [0.05, 0.1) is 5.41 Å². The first-order chi connectivity index (χ1) is 10.8. The second-order valence-electron chi connectivity index (χ2n) is 8.04. The van der Waals surface area contributed by atoms with Crippen LogP contribution in [0, 0.1) is 22.7 Å². The van der Waals surface area contributed by atoms with Crippen molar-refractivity contribution in [3.8, 4) is 0 Å². The Kier molecular flexibility index (Phi) is 5.39. The van der Waals surface area contributed by atoms with Gasteiger partial charge in [0.25, 0.3) is 0 Å². The molecule has 1 saturated heterocycles. The highest BCUT2D eigenvalue weighted by atomic mass is 16.2. The fourth-order valence-electron chi connectivity index (χ4n) is 4.28. The smallest absolute Gasteiger partial charge is 0.226 e. The summed E-state index contributed by atoms with van der Waals surface area (Å²) < 4.78 is 0. The van der Waals surface area contributed by atoms with E-state index in [9.17, 15) is 9.59 Å². The van der Waals surface area contributed by atoms with E-state index in [0.29, 0.717) is 38.3 Å². The van der Waals surface area contributed by atoms with Crippen molar-refractivity contribution in [3.63, 3.8) is 0 Å². The van der Waals surface area contributed by atoms with E-state index in [1.165, 1.54) is 0 Å². The predicted octanol–water partition coefficient (Wildman–Crippen LogP) is 1.81. The van der Waals surface area contributed by atoms with Gasteiger partial charge in [0.2, 0.25) is 11.8 Å². The van der Waals surface area contributed by atoms with Crippen LogP contribution in [-0.4, -0.2) is 30.9 Å². The topological polar surface area (TPSA) is 84.2 Å². The number of nitrogens with two attached hydrogens (primary N) is 1. The van der Waals surface area contributed by atoms with Gasteiger partial charge >= 0.3 is 0 Å². The summed E-state index contributed by atoms with van der Waals surface area (Å²) in [7, 11) is 0. The SMILES string of the molecule is CCC(C)CNC(=O)C1CC(N)CC2(C1)C(=O)NCC2(C)CC. The van der Waals surface area contributed by atoms with Gasteiger partial charge in [-0.05, 0) is 37.0 Å². The van der Waals surface area contributed by atoms with Crippen molar-refractivity contribution in [2.24, 2.45) is 28.4 Å². The molecule has 0 aromatic carbocycles. The molecule has 2 rings (SSSR count). The molecule has 1 aliphatic heterocycles. The van der Waals surface area contributed by atoms with Crippen LogP contribution in [0.4, 0.5) is 0 Å². The molecular weight excluding hydrogens is 290 g/mol. The van der Waals surface area contributed by atoms with Crippen molar-refractivity contribution in [1.29, 1.82) is 0 Å². The Morgan fingerprint density at radius 1 is 1.43 bits per heavy atom. The lowest BCUT2D eigenvalue weighted by atomic mass is 9.55. The van der Waals surface area contributed by atoms with Crippen LogP contribution in [0.3, 0.4) is 0 Å². The van der Waals surface area contributed by atoms with Crippen molar-refractivity contribution in [2.75, 3.05) is 13.1 Å². The van der Waals surface area contributed by atoms with Gasteiger partial charge in [-0.15, -0.1) is 0 Å². The third-order valence-electron chi connectivity index (χ3n) is 6.49. The third-order valence-corrected chi connectivity index (χ3v) is 6.49. The van der Waals surface area contributed by atoms with Crippen LogP contribution in [0.1, 0.15) is 59.8 Å². The van der Waals surface area contributed by atoms with E-state index in [2.05, 4.69) is 38.3 Å². The van der Waals surface area contributed by atoms with Gasteiger partial charge < -0.3 is 16.4 Å². The molecule has 0 bridgehead atoms. The van der Waals surface area contributed by atoms with Crippen LogP contribution in [0.15, 0.2) is 0 Å². The Balaban J connectivity index is 2.15. The number of hydrogen-bond acceptors (Lipinski definition) is 3. The first-order valence-electron chi connectivity index (χ1n) is 9.09. The standard InChI is InChI=1S/C18H33N3O2/c1-5-12(3)10-20-15(22)13-7-14(19)9-18(8-13)16(23)21-11-17(18,4)6-2/h12-14H,5-11,19H2,1-4H3,(H,20,22)(H,21,23). The molecule has 2 amide bonds. The van der Waals surface area contributed by atoms with Crippen molar-refractivity contribution in [1.82, 2.24) is 10.6 Å². The summed E-state index contributed by atoms with van der Waals surface area (Å²) in [5.74, 6) is 0.480. The van der Waals surface area contributed by atoms with Crippen LogP contribution < -0.4 is 16.4 Å². The zero-order valence-corrected chi connectivity index (χ0v) is 15.1. The average molecular weight is 323 g/mol. The molecule has 2 aliphatic rings. The quantitative estimate of drug-likeness (QED) is 0.721. The molecule has 4 N–H and O–H groups in total. The highest BCUT2D eigenvalue weighted by molar-refractivity contribution is 5.88. The minimum absolute atomic E-state index is 0.0676. The maximum absolute atomic E-state index is 12.7. The van der Waals surface area contributed by atoms with Crippen molar-refractivity contribution < 1.29 is 9.59 Å². The van der Waals surface area contributed by atoms with E-state index in [4.69, 9.17) is 5.73 Å². The van der Waals surface area contributed by atoms with Gasteiger partial charge in [0, 0.05) is 25.0 Å². The van der Waals surface area contributed by atoms with Crippen molar-refractivity contribution >= 4 is 11.8 Å². The van der Waals surface area contributed by atoms with E-state index in [-0.39, 0.29) is 29.2 Å². The largest absolute Gasteiger partial charge is 0.356 e. The normalized spacial score (nSPS) is 38.4. The number of rotatable bonds is 5. The number of hydrogen-bond donors (Lipinski definition) is 3. The van der Waals surface area contributed by atoms with Crippen molar-refractivity contribution in [2.45, 2.75) is 65.8 Å². The Labute approximate surface area is 140 Å². The lowest BCUT2D eigenvalue weighted by Gasteiger charge is -2.47. The Morgan fingerprint density at radius 2 is 2.13 bits per heavy atom. The fourth-order valence-corrected chi connectivity index (χ4v) is 4.28. The zero-order valence-electron chi connectivity index (χ0n) is 15.1. The second-order valence-corrected chi connectivity index (χ2v) is 8.04. The molecule has 0 radical (unpaired) electrons. The molecule has 2 fully saturated rings. The molecule has 1 aliphatic carbocycles. The number of carbonyl (C=O) groups is 2. The number of nitrogens with one attached hydrogen (secondary N) is 2. The lowest BCUT2D eigenvalue weighted by Crippen LogP contribution is -2.53. The summed E-state index contributed by atoms with van der Waals surface area (Å²) in [5.41, 5.74) is 5.68. The highest BCUT2D eigenvalue weighted by Gasteiger charge is 2.60. The van der Waals surface area contributed by atoms with Gasteiger partial charge in [0.15, 0.2) is 0 Å². The Bertz CT molecular complexity index is 467. The molecule has 0 aromatic rings. The van der Waals surface area contributed by atoms with Crippen molar-refractivity contribution in [3.05, 3.63) is 0 Å². The Morgan fingerprint density at radius 3 is 2.74 bits per heavy atom.